The van der Waals surface area contributed by atoms with Crippen LogP contribution in [0.25, 0.3) is 0 Å². The van der Waals surface area contributed by atoms with Gasteiger partial charge in [0.15, 0.2) is 0 Å². The van der Waals surface area contributed by atoms with Gasteiger partial charge in [-0.05, 0) is 44.4 Å². The molecule has 138 valence electrons. The van der Waals surface area contributed by atoms with Crippen molar-refractivity contribution in [3.63, 3.8) is 0 Å². The highest BCUT2D eigenvalue weighted by Crippen LogP contribution is 2.22. The van der Waals surface area contributed by atoms with Gasteiger partial charge in [0, 0.05) is 5.56 Å². The first kappa shape index (κ1) is 19.7. The zero-order valence-corrected chi connectivity index (χ0v) is 15.6. The first-order valence-corrected chi connectivity index (χ1v) is 9.06. The third-order valence-corrected chi connectivity index (χ3v) is 3.90. The highest BCUT2D eigenvalue weighted by molar-refractivity contribution is 5.91. The quantitative estimate of drug-likeness (QED) is 0.634. The summed E-state index contributed by atoms with van der Waals surface area (Å²) >= 11 is 0. The average Bonchev–Trinajstić information content (AvgIpc) is 2.64. The van der Waals surface area contributed by atoms with Gasteiger partial charge in [0.1, 0.15) is 0 Å². The van der Waals surface area contributed by atoms with Crippen LogP contribution in [0.15, 0.2) is 54.6 Å². The molecule has 0 heterocycles. The van der Waals surface area contributed by atoms with E-state index in [0.29, 0.717) is 11.1 Å². The van der Waals surface area contributed by atoms with E-state index in [1.165, 1.54) is 5.56 Å². The smallest absolute Gasteiger partial charge is 0.352 e. The maximum absolute atomic E-state index is 12.5. The molecular formula is C22H26O4. The average molecular weight is 354 g/mol. The van der Waals surface area contributed by atoms with E-state index >= 15 is 0 Å². The van der Waals surface area contributed by atoms with Gasteiger partial charge in [0.2, 0.25) is 6.10 Å². The Labute approximate surface area is 155 Å². The molecule has 0 amide bonds. The zero-order chi connectivity index (χ0) is 18.9. The number of carbonyl (C=O) groups excluding carboxylic acids is 2. The van der Waals surface area contributed by atoms with Crippen molar-refractivity contribution in [1.82, 2.24) is 0 Å². The van der Waals surface area contributed by atoms with Crippen molar-refractivity contribution in [2.24, 2.45) is 0 Å². The highest BCUT2D eigenvalue weighted by Gasteiger charge is 2.27. The second kappa shape index (κ2) is 9.76. The van der Waals surface area contributed by atoms with E-state index in [0.717, 1.165) is 19.3 Å². The van der Waals surface area contributed by atoms with E-state index < -0.39 is 18.0 Å². The van der Waals surface area contributed by atoms with Crippen LogP contribution >= 0.6 is 0 Å². The number of unbranched alkanes of at least 4 members (excludes halogenated alkanes) is 1. The SMILES string of the molecule is CCCCc1ccc(C(=O)OC(C(=O)OC(C)C)c2ccccc2)cc1. The standard InChI is InChI=1S/C22H26O4/c1-4-5-9-17-12-14-19(15-13-17)21(23)26-20(22(24)25-16(2)3)18-10-7-6-8-11-18/h6-8,10-16,20H,4-5,9H2,1-3H3. The first-order chi connectivity index (χ1) is 12.5. The normalized spacial score (nSPS) is 11.8. The summed E-state index contributed by atoms with van der Waals surface area (Å²) in [6.07, 6.45) is 1.86. The zero-order valence-electron chi connectivity index (χ0n) is 15.6. The molecule has 2 aromatic carbocycles. The summed E-state index contributed by atoms with van der Waals surface area (Å²) in [4.78, 5) is 24.9. The third kappa shape index (κ3) is 5.73. The van der Waals surface area contributed by atoms with Gasteiger partial charge in [0.25, 0.3) is 0 Å². The molecule has 0 aromatic heterocycles. The van der Waals surface area contributed by atoms with Gasteiger partial charge in [-0.1, -0.05) is 55.8 Å². The van der Waals surface area contributed by atoms with Crippen LogP contribution in [0, 0.1) is 0 Å². The fourth-order valence-corrected chi connectivity index (χ4v) is 2.54. The molecule has 0 N–H and O–H groups in total. The number of carbonyl (C=O) groups is 2. The Morgan fingerprint density at radius 3 is 2.15 bits per heavy atom. The minimum Gasteiger partial charge on any atom is -0.460 e. The molecule has 4 heteroatoms. The monoisotopic (exact) mass is 354 g/mol. The van der Waals surface area contributed by atoms with E-state index in [4.69, 9.17) is 9.47 Å². The number of hydrogen-bond acceptors (Lipinski definition) is 4. The van der Waals surface area contributed by atoms with Crippen LogP contribution in [-0.4, -0.2) is 18.0 Å². The molecule has 2 aromatic rings. The van der Waals surface area contributed by atoms with Crippen molar-refractivity contribution in [3.05, 3.63) is 71.3 Å². The molecule has 26 heavy (non-hydrogen) atoms. The van der Waals surface area contributed by atoms with Crippen LogP contribution in [0.5, 0.6) is 0 Å². The Hall–Kier alpha value is -2.62. The highest BCUT2D eigenvalue weighted by atomic mass is 16.6. The topological polar surface area (TPSA) is 52.6 Å². The molecule has 0 fully saturated rings. The maximum atomic E-state index is 12.5. The van der Waals surface area contributed by atoms with Gasteiger partial charge in [-0.3, -0.25) is 0 Å². The van der Waals surface area contributed by atoms with E-state index in [9.17, 15) is 9.59 Å². The van der Waals surface area contributed by atoms with E-state index in [2.05, 4.69) is 6.92 Å². The van der Waals surface area contributed by atoms with Crippen LogP contribution in [-0.2, 0) is 20.7 Å². The lowest BCUT2D eigenvalue weighted by Gasteiger charge is -2.18. The number of rotatable bonds is 8. The van der Waals surface area contributed by atoms with Crippen molar-refractivity contribution < 1.29 is 19.1 Å². The minimum absolute atomic E-state index is 0.287. The van der Waals surface area contributed by atoms with Crippen molar-refractivity contribution >= 4 is 11.9 Å². The summed E-state index contributed by atoms with van der Waals surface area (Å²) in [6, 6.07) is 16.2. The Morgan fingerprint density at radius 1 is 0.923 bits per heavy atom. The van der Waals surface area contributed by atoms with Crippen molar-refractivity contribution in [2.75, 3.05) is 0 Å². The van der Waals surface area contributed by atoms with Crippen LogP contribution in [0.1, 0.15) is 61.2 Å². The molecule has 4 nitrogen and oxygen atoms in total. The Balaban J connectivity index is 2.14. The van der Waals surface area contributed by atoms with Crippen LogP contribution < -0.4 is 0 Å². The van der Waals surface area contributed by atoms with E-state index in [1.54, 1.807) is 50.2 Å². The second-order valence-electron chi connectivity index (χ2n) is 6.48. The fraction of sp³-hybridized carbons (Fsp3) is 0.364. The predicted molar refractivity (Wildman–Crippen MR) is 101 cm³/mol. The summed E-state index contributed by atoms with van der Waals surface area (Å²) in [6.45, 7) is 5.67. The second-order valence-corrected chi connectivity index (χ2v) is 6.48. The molecule has 0 aliphatic carbocycles. The lowest BCUT2D eigenvalue weighted by atomic mass is 10.1. The molecule has 0 spiro atoms. The van der Waals surface area contributed by atoms with Gasteiger partial charge in [-0.15, -0.1) is 0 Å². The fourth-order valence-electron chi connectivity index (χ4n) is 2.54. The first-order valence-electron chi connectivity index (χ1n) is 9.06. The van der Waals surface area contributed by atoms with E-state index in [-0.39, 0.29) is 6.10 Å². The lowest BCUT2D eigenvalue weighted by Crippen LogP contribution is -2.24. The van der Waals surface area contributed by atoms with E-state index in [1.807, 2.05) is 18.2 Å². The van der Waals surface area contributed by atoms with Crippen LogP contribution in [0.2, 0.25) is 0 Å². The number of esters is 2. The predicted octanol–water partition coefficient (Wildman–Crippen LogP) is 4.88. The molecule has 0 aliphatic rings. The molecule has 1 atom stereocenters. The summed E-state index contributed by atoms with van der Waals surface area (Å²) in [5.74, 6) is -1.11. The van der Waals surface area contributed by atoms with Crippen molar-refractivity contribution in [2.45, 2.75) is 52.2 Å². The van der Waals surface area contributed by atoms with Crippen molar-refractivity contribution in [1.29, 1.82) is 0 Å². The number of benzene rings is 2. The largest absolute Gasteiger partial charge is 0.460 e. The molecule has 0 aliphatic heterocycles. The number of hydrogen-bond donors (Lipinski definition) is 0. The molecule has 2 rings (SSSR count). The maximum Gasteiger partial charge on any atom is 0.352 e. The van der Waals surface area contributed by atoms with Crippen molar-refractivity contribution in [3.8, 4) is 0 Å². The minimum atomic E-state index is -1.08. The Kier molecular flexibility index (Phi) is 7.39. The molecule has 1 unspecified atom stereocenters. The molecular weight excluding hydrogens is 328 g/mol. The summed E-state index contributed by atoms with van der Waals surface area (Å²) < 4.78 is 10.7. The summed E-state index contributed by atoms with van der Waals surface area (Å²) in [5, 5.41) is 0. The van der Waals surface area contributed by atoms with Crippen LogP contribution in [0.4, 0.5) is 0 Å². The summed E-state index contributed by atoms with van der Waals surface area (Å²) in [5.41, 5.74) is 2.19. The molecule has 0 saturated carbocycles. The Morgan fingerprint density at radius 2 is 1.58 bits per heavy atom. The molecule has 0 saturated heterocycles. The van der Waals surface area contributed by atoms with Gasteiger partial charge in [-0.25, -0.2) is 9.59 Å². The van der Waals surface area contributed by atoms with Gasteiger partial charge in [0.05, 0.1) is 11.7 Å². The molecule has 0 bridgehead atoms. The lowest BCUT2D eigenvalue weighted by molar-refractivity contribution is -0.158. The number of ether oxygens (including phenoxy) is 2. The number of aryl methyl sites for hydroxylation is 1. The van der Waals surface area contributed by atoms with Gasteiger partial charge in [-0.2, -0.15) is 0 Å². The summed E-state index contributed by atoms with van der Waals surface area (Å²) in [7, 11) is 0. The van der Waals surface area contributed by atoms with Gasteiger partial charge >= 0.3 is 11.9 Å². The van der Waals surface area contributed by atoms with Gasteiger partial charge < -0.3 is 9.47 Å². The Bertz CT molecular complexity index is 705. The molecule has 0 radical (unpaired) electrons. The van der Waals surface area contributed by atoms with Crippen LogP contribution in [0.3, 0.4) is 0 Å². The third-order valence-electron chi connectivity index (χ3n) is 3.90.